The minimum Gasteiger partial charge on any atom is -0.338 e. The Balaban J connectivity index is 2.53. The van der Waals surface area contributed by atoms with Crippen LogP contribution in [0.25, 0.3) is 0 Å². The Morgan fingerprint density at radius 2 is 2.00 bits per heavy atom. The minimum absolute atomic E-state index is 0.143. The standard InChI is InChI=1S/C12H23N3OS/c1-8(2)6-9(13)11-14-10(15-16-11)7-17-12(3,4)5/h8-9H,6-7,13H2,1-5H3/t9-/m0/s1. The van der Waals surface area contributed by atoms with Gasteiger partial charge < -0.3 is 10.3 Å². The van der Waals surface area contributed by atoms with Gasteiger partial charge in [-0.25, -0.2) is 0 Å². The second-order valence-electron chi connectivity index (χ2n) is 5.69. The van der Waals surface area contributed by atoms with Crippen molar-refractivity contribution >= 4 is 11.8 Å². The SMILES string of the molecule is CC(C)C[C@H](N)c1nc(CSC(C)(C)C)no1. The van der Waals surface area contributed by atoms with Crippen molar-refractivity contribution in [2.24, 2.45) is 11.7 Å². The molecule has 1 atom stereocenters. The van der Waals surface area contributed by atoms with Crippen LogP contribution in [-0.4, -0.2) is 14.9 Å². The molecule has 0 aliphatic carbocycles. The first kappa shape index (κ1) is 14.5. The highest BCUT2D eigenvalue weighted by atomic mass is 32.2. The molecule has 4 nitrogen and oxygen atoms in total. The monoisotopic (exact) mass is 257 g/mol. The molecule has 0 saturated heterocycles. The Morgan fingerprint density at radius 3 is 2.53 bits per heavy atom. The second-order valence-corrected chi connectivity index (χ2v) is 7.49. The molecule has 1 aromatic heterocycles. The molecule has 0 aromatic carbocycles. The molecular weight excluding hydrogens is 234 g/mol. The van der Waals surface area contributed by atoms with Crippen LogP contribution < -0.4 is 5.73 Å². The van der Waals surface area contributed by atoms with E-state index >= 15 is 0 Å². The van der Waals surface area contributed by atoms with Crippen molar-refractivity contribution < 1.29 is 4.52 Å². The van der Waals surface area contributed by atoms with Crippen molar-refractivity contribution in [3.63, 3.8) is 0 Å². The fourth-order valence-corrected chi connectivity index (χ4v) is 2.05. The van der Waals surface area contributed by atoms with Crippen molar-refractivity contribution in [2.75, 3.05) is 0 Å². The van der Waals surface area contributed by atoms with Crippen LogP contribution in [0.1, 0.15) is 58.8 Å². The van der Waals surface area contributed by atoms with Crippen LogP contribution in [0.5, 0.6) is 0 Å². The Morgan fingerprint density at radius 1 is 1.35 bits per heavy atom. The average Bonchev–Trinajstić information content (AvgIpc) is 2.60. The molecule has 5 heteroatoms. The van der Waals surface area contributed by atoms with Gasteiger partial charge in [-0.05, 0) is 12.3 Å². The molecule has 0 bridgehead atoms. The molecule has 0 aliphatic rings. The number of nitrogens with zero attached hydrogens (tertiary/aromatic N) is 2. The molecule has 0 amide bonds. The Kier molecular flexibility index (Phi) is 5.01. The van der Waals surface area contributed by atoms with Gasteiger partial charge in [0.15, 0.2) is 5.82 Å². The van der Waals surface area contributed by atoms with Crippen molar-refractivity contribution in [1.82, 2.24) is 10.1 Å². The Bertz CT molecular complexity index is 344. The molecule has 0 aliphatic heterocycles. The normalized spacial score (nSPS) is 14.3. The zero-order chi connectivity index (χ0) is 13.1. The van der Waals surface area contributed by atoms with E-state index in [-0.39, 0.29) is 10.8 Å². The van der Waals surface area contributed by atoms with E-state index < -0.39 is 0 Å². The highest BCUT2D eigenvalue weighted by Crippen LogP contribution is 2.26. The van der Waals surface area contributed by atoms with Crippen molar-refractivity contribution in [3.05, 3.63) is 11.7 Å². The third-order valence-electron chi connectivity index (χ3n) is 2.16. The van der Waals surface area contributed by atoms with Gasteiger partial charge in [-0.1, -0.05) is 39.8 Å². The third kappa shape index (κ3) is 5.55. The van der Waals surface area contributed by atoms with Gasteiger partial charge in [-0.15, -0.1) is 11.8 Å². The van der Waals surface area contributed by atoms with Crippen LogP contribution in [0, 0.1) is 5.92 Å². The van der Waals surface area contributed by atoms with Gasteiger partial charge >= 0.3 is 0 Å². The van der Waals surface area contributed by atoms with Crippen LogP contribution in [-0.2, 0) is 5.75 Å². The van der Waals surface area contributed by atoms with Crippen molar-refractivity contribution in [2.45, 2.75) is 57.6 Å². The molecule has 0 unspecified atom stereocenters. The number of aromatic nitrogens is 2. The lowest BCUT2D eigenvalue weighted by Gasteiger charge is -2.15. The molecule has 2 N–H and O–H groups in total. The molecule has 0 saturated carbocycles. The highest BCUT2D eigenvalue weighted by molar-refractivity contribution is 7.99. The summed E-state index contributed by atoms with van der Waals surface area (Å²) in [5, 5.41) is 3.96. The zero-order valence-corrected chi connectivity index (χ0v) is 12.2. The summed E-state index contributed by atoms with van der Waals surface area (Å²) in [4.78, 5) is 4.34. The molecular formula is C12H23N3OS. The van der Waals surface area contributed by atoms with E-state index in [1.807, 2.05) is 0 Å². The summed E-state index contributed by atoms with van der Waals surface area (Å²) < 4.78 is 5.40. The Labute approximate surface area is 108 Å². The van der Waals surface area contributed by atoms with Crippen molar-refractivity contribution in [3.8, 4) is 0 Å². The van der Waals surface area contributed by atoms with E-state index in [0.717, 1.165) is 18.0 Å². The molecule has 17 heavy (non-hydrogen) atoms. The van der Waals surface area contributed by atoms with E-state index in [9.17, 15) is 0 Å². The van der Waals surface area contributed by atoms with Crippen LogP contribution in [0.3, 0.4) is 0 Å². The van der Waals surface area contributed by atoms with Crippen LogP contribution in [0.15, 0.2) is 4.52 Å². The second kappa shape index (κ2) is 5.87. The fourth-order valence-electron chi connectivity index (χ4n) is 1.37. The van der Waals surface area contributed by atoms with Crippen LogP contribution in [0.2, 0.25) is 0 Å². The summed E-state index contributed by atoms with van der Waals surface area (Å²) in [7, 11) is 0. The zero-order valence-electron chi connectivity index (χ0n) is 11.4. The molecule has 98 valence electrons. The van der Waals surface area contributed by atoms with Crippen LogP contribution >= 0.6 is 11.8 Å². The summed E-state index contributed by atoms with van der Waals surface area (Å²) in [6.45, 7) is 10.8. The molecule has 0 fully saturated rings. The number of nitrogens with two attached hydrogens (primary N) is 1. The van der Waals surface area contributed by atoms with Crippen molar-refractivity contribution in [1.29, 1.82) is 0 Å². The summed E-state index contributed by atoms with van der Waals surface area (Å²) in [6, 6.07) is -0.143. The van der Waals surface area contributed by atoms with Gasteiger partial charge in [0.25, 0.3) is 0 Å². The lowest BCUT2D eigenvalue weighted by Crippen LogP contribution is -2.13. The number of hydrogen-bond donors (Lipinski definition) is 1. The number of hydrogen-bond acceptors (Lipinski definition) is 5. The van der Waals surface area contributed by atoms with E-state index in [4.69, 9.17) is 10.3 Å². The Hall–Kier alpha value is -0.550. The van der Waals surface area contributed by atoms with Crippen LogP contribution in [0.4, 0.5) is 0 Å². The summed E-state index contributed by atoms with van der Waals surface area (Å²) >= 11 is 1.80. The van der Waals surface area contributed by atoms with Gasteiger partial charge in [-0.2, -0.15) is 4.98 Å². The van der Waals surface area contributed by atoms with E-state index in [1.165, 1.54) is 0 Å². The third-order valence-corrected chi connectivity index (χ3v) is 3.43. The minimum atomic E-state index is -0.143. The quantitative estimate of drug-likeness (QED) is 0.877. The van der Waals surface area contributed by atoms with Gasteiger partial charge in [0.05, 0.1) is 11.8 Å². The number of rotatable bonds is 5. The van der Waals surface area contributed by atoms with E-state index in [1.54, 1.807) is 11.8 Å². The molecule has 0 radical (unpaired) electrons. The molecule has 1 rings (SSSR count). The summed E-state index contributed by atoms with van der Waals surface area (Å²) in [5.41, 5.74) is 5.99. The van der Waals surface area contributed by atoms with Gasteiger partial charge in [-0.3, -0.25) is 0 Å². The maximum absolute atomic E-state index is 5.99. The smallest absolute Gasteiger partial charge is 0.243 e. The lowest BCUT2D eigenvalue weighted by molar-refractivity contribution is 0.333. The van der Waals surface area contributed by atoms with Gasteiger partial charge in [0.2, 0.25) is 5.89 Å². The summed E-state index contributed by atoms with van der Waals surface area (Å²) in [5.74, 6) is 2.59. The van der Waals surface area contributed by atoms with Gasteiger partial charge in [0.1, 0.15) is 0 Å². The maximum atomic E-state index is 5.99. The van der Waals surface area contributed by atoms with E-state index in [0.29, 0.717) is 11.8 Å². The topological polar surface area (TPSA) is 64.9 Å². The van der Waals surface area contributed by atoms with E-state index in [2.05, 4.69) is 44.8 Å². The first-order valence-corrected chi connectivity index (χ1v) is 6.98. The molecule has 1 aromatic rings. The average molecular weight is 257 g/mol. The predicted molar refractivity (Wildman–Crippen MR) is 71.7 cm³/mol. The predicted octanol–water partition coefficient (Wildman–Crippen LogP) is 3.15. The first-order chi connectivity index (χ1) is 7.78. The molecule has 1 heterocycles. The fraction of sp³-hybridized carbons (Fsp3) is 0.833. The highest BCUT2D eigenvalue weighted by Gasteiger charge is 2.18. The molecule has 0 spiro atoms. The van der Waals surface area contributed by atoms with Gasteiger partial charge in [0, 0.05) is 4.75 Å². The lowest BCUT2D eigenvalue weighted by atomic mass is 10.0. The maximum Gasteiger partial charge on any atom is 0.243 e. The largest absolute Gasteiger partial charge is 0.338 e. The first-order valence-electron chi connectivity index (χ1n) is 6.00. The summed E-state index contributed by atoms with van der Waals surface area (Å²) in [6.07, 6.45) is 0.869. The number of thioether (sulfide) groups is 1.